The van der Waals surface area contributed by atoms with Crippen LogP contribution in [0.15, 0.2) is 12.1 Å². The summed E-state index contributed by atoms with van der Waals surface area (Å²) in [7, 11) is 1.33. The molecule has 0 spiro atoms. The van der Waals surface area contributed by atoms with Crippen LogP contribution in [0, 0.1) is 10.1 Å². The van der Waals surface area contributed by atoms with Gasteiger partial charge in [-0.3, -0.25) is 4.79 Å². The minimum absolute atomic E-state index is 0.0316. The summed E-state index contributed by atoms with van der Waals surface area (Å²) in [5, 5.41) is 30.3. The second kappa shape index (κ2) is 5.96. The van der Waals surface area contributed by atoms with E-state index < -0.39 is 29.4 Å². The minimum Gasteiger partial charge on any atom is -0.480 e. The molecular formula is C10H13N3O6. The molecule has 0 saturated carbocycles. The van der Waals surface area contributed by atoms with Crippen molar-refractivity contribution in [2.75, 3.05) is 6.61 Å². The van der Waals surface area contributed by atoms with Gasteiger partial charge in [0.1, 0.15) is 6.04 Å². The molecule has 0 aromatic carbocycles. The summed E-state index contributed by atoms with van der Waals surface area (Å²) >= 11 is 0. The molecule has 9 heteroatoms. The van der Waals surface area contributed by atoms with Crippen LogP contribution in [0.4, 0.5) is 5.82 Å². The first-order valence-electron chi connectivity index (χ1n) is 5.33. The summed E-state index contributed by atoms with van der Waals surface area (Å²) in [5.41, 5.74) is -0.0316. The average molecular weight is 271 g/mol. The fourth-order valence-electron chi connectivity index (χ4n) is 1.53. The Morgan fingerprint density at radius 3 is 2.58 bits per heavy atom. The first-order valence-corrected chi connectivity index (χ1v) is 5.33. The normalized spacial score (nSPS) is 11.9. The largest absolute Gasteiger partial charge is 0.480 e. The number of aliphatic hydroxyl groups excluding tert-OH is 1. The molecule has 0 aliphatic rings. The van der Waals surface area contributed by atoms with Gasteiger partial charge in [-0.25, -0.2) is 9.36 Å². The van der Waals surface area contributed by atoms with Gasteiger partial charge in [-0.1, -0.05) is 0 Å². The molecule has 1 rings (SSSR count). The molecule has 0 fully saturated rings. The predicted octanol–water partition coefficient (Wildman–Crippen LogP) is -0.501. The molecule has 9 nitrogen and oxygen atoms in total. The number of aromatic nitrogens is 1. The molecular weight excluding hydrogens is 258 g/mol. The number of carbonyl (C=O) groups excluding carboxylic acids is 1. The molecule has 104 valence electrons. The van der Waals surface area contributed by atoms with E-state index in [-0.39, 0.29) is 17.9 Å². The molecule has 0 radical (unpaired) electrons. The summed E-state index contributed by atoms with van der Waals surface area (Å²) in [4.78, 5) is 32.6. The van der Waals surface area contributed by atoms with Gasteiger partial charge in [0.2, 0.25) is 0 Å². The minimum atomic E-state index is -1.29. The number of rotatable bonds is 6. The highest BCUT2D eigenvalue weighted by atomic mass is 16.6. The van der Waals surface area contributed by atoms with E-state index in [2.05, 4.69) is 5.32 Å². The standard InChI is InChI=1S/C10H13N3O6/c1-12-7(2-3-8(12)13(18)19)9(15)11-6(4-5-14)10(16)17/h2-3,6,14H,4-5H2,1H3,(H,11,15)(H,16,17)/t6-/m0/s1. The number of aliphatic hydroxyl groups is 1. The number of hydrogen-bond donors (Lipinski definition) is 3. The molecule has 1 heterocycles. The van der Waals surface area contributed by atoms with Crippen molar-refractivity contribution < 1.29 is 24.7 Å². The quantitative estimate of drug-likeness (QED) is 0.471. The number of carboxylic acid groups (broad SMARTS) is 1. The summed E-state index contributed by atoms with van der Waals surface area (Å²) in [6, 6.07) is 1.13. The Bertz CT molecular complexity index is 509. The van der Waals surface area contributed by atoms with E-state index in [0.29, 0.717) is 0 Å². The van der Waals surface area contributed by atoms with Gasteiger partial charge in [0, 0.05) is 19.1 Å². The lowest BCUT2D eigenvalue weighted by Gasteiger charge is -2.12. The van der Waals surface area contributed by atoms with Gasteiger partial charge in [-0.15, -0.1) is 0 Å². The van der Waals surface area contributed by atoms with Gasteiger partial charge in [-0.05, 0) is 11.0 Å². The lowest BCUT2D eigenvalue weighted by Crippen LogP contribution is -2.42. The first kappa shape index (κ1) is 14.6. The van der Waals surface area contributed by atoms with E-state index in [4.69, 9.17) is 10.2 Å². The zero-order valence-electron chi connectivity index (χ0n) is 10.1. The smallest absolute Gasteiger partial charge is 0.326 e. The van der Waals surface area contributed by atoms with Gasteiger partial charge in [0.05, 0.1) is 7.05 Å². The van der Waals surface area contributed by atoms with E-state index in [1.54, 1.807) is 0 Å². The van der Waals surface area contributed by atoms with E-state index in [9.17, 15) is 19.7 Å². The van der Waals surface area contributed by atoms with Crippen LogP contribution in [0.1, 0.15) is 16.9 Å². The molecule has 1 atom stereocenters. The second-order valence-electron chi connectivity index (χ2n) is 3.77. The topological polar surface area (TPSA) is 135 Å². The predicted molar refractivity (Wildman–Crippen MR) is 62.7 cm³/mol. The Balaban J connectivity index is 2.89. The maximum Gasteiger partial charge on any atom is 0.326 e. The van der Waals surface area contributed by atoms with Crippen molar-refractivity contribution in [3.05, 3.63) is 27.9 Å². The SMILES string of the molecule is Cn1c(C(=O)N[C@@H](CCO)C(=O)O)ccc1[N+](=O)[O-]. The van der Waals surface area contributed by atoms with Crippen LogP contribution in [-0.4, -0.2) is 44.2 Å². The Hall–Kier alpha value is -2.42. The Morgan fingerprint density at radius 2 is 2.16 bits per heavy atom. The highest BCUT2D eigenvalue weighted by Crippen LogP contribution is 2.15. The molecule has 1 aromatic heterocycles. The number of carboxylic acids is 1. The molecule has 1 amide bonds. The zero-order chi connectivity index (χ0) is 14.6. The number of nitrogens with zero attached hydrogens (tertiary/aromatic N) is 2. The van der Waals surface area contributed by atoms with Crippen molar-refractivity contribution in [3.63, 3.8) is 0 Å². The highest BCUT2D eigenvalue weighted by molar-refractivity contribution is 5.95. The third kappa shape index (κ3) is 3.28. The van der Waals surface area contributed by atoms with Gasteiger partial charge < -0.3 is 25.6 Å². The third-order valence-corrected chi connectivity index (χ3v) is 2.54. The second-order valence-corrected chi connectivity index (χ2v) is 3.77. The summed E-state index contributed by atoms with van der Waals surface area (Å²) < 4.78 is 1.05. The molecule has 0 saturated heterocycles. The summed E-state index contributed by atoms with van der Waals surface area (Å²) in [5.74, 6) is -2.32. The maximum atomic E-state index is 11.8. The van der Waals surface area contributed by atoms with Gasteiger partial charge in [-0.2, -0.15) is 0 Å². The summed E-state index contributed by atoms with van der Waals surface area (Å²) in [6.07, 6.45) is -0.145. The van der Waals surface area contributed by atoms with E-state index in [1.807, 2.05) is 0 Å². The molecule has 0 bridgehead atoms. The third-order valence-electron chi connectivity index (χ3n) is 2.54. The number of hydrogen-bond acceptors (Lipinski definition) is 5. The van der Waals surface area contributed by atoms with Gasteiger partial charge >= 0.3 is 11.8 Å². The summed E-state index contributed by atoms with van der Waals surface area (Å²) in [6.45, 7) is -0.398. The number of carbonyl (C=O) groups is 2. The van der Waals surface area contributed by atoms with Crippen LogP contribution in [0.3, 0.4) is 0 Å². The van der Waals surface area contributed by atoms with Crippen LogP contribution in [-0.2, 0) is 11.8 Å². The first-order chi connectivity index (χ1) is 8.88. The van der Waals surface area contributed by atoms with Crippen molar-refractivity contribution >= 4 is 17.7 Å². The average Bonchev–Trinajstić information content (AvgIpc) is 2.70. The number of nitro groups is 1. The monoisotopic (exact) mass is 271 g/mol. The van der Waals surface area contributed by atoms with Crippen molar-refractivity contribution in [2.24, 2.45) is 7.05 Å². The fourth-order valence-corrected chi connectivity index (χ4v) is 1.53. The van der Waals surface area contributed by atoms with E-state index in [0.717, 1.165) is 10.6 Å². The van der Waals surface area contributed by atoms with Gasteiger partial charge in [0.15, 0.2) is 5.69 Å². The maximum absolute atomic E-state index is 11.8. The van der Waals surface area contributed by atoms with E-state index in [1.165, 1.54) is 13.1 Å². The Morgan fingerprint density at radius 1 is 1.53 bits per heavy atom. The number of amides is 1. The zero-order valence-corrected chi connectivity index (χ0v) is 10.1. The molecule has 0 unspecified atom stereocenters. The van der Waals surface area contributed by atoms with Crippen LogP contribution in [0.2, 0.25) is 0 Å². The number of nitrogens with one attached hydrogen (secondary N) is 1. The van der Waals surface area contributed by atoms with Crippen molar-refractivity contribution in [1.29, 1.82) is 0 Å². The molecule has 0 aliphatic heterocycles. The van der Waals surface area contributed by atoms with Crippen molar-refractivity contribution in [3.8, 4) is 0 Å². The van der Waals surface area contributed by atoms with Crippen LogP contribution in [0.25, 0.3) is 0 Å². The highest BCUT2D eigenvalue weighted by Gasteiger charge is 2.25. The van der Waals surface area contributed by atoms with E-state index >= 15 is 0 Å². The fraction of sp³-hybridized carbons (Fsp3) is 0.400. The molecule has 3 N–H and O–H groups in total. The Kier molecular flexibility index (Phi) is 4.59. The molecule has 19 heavy (non-hydrogen) atoms. The van der Waals surface area contributed by atoms with Crippen molar-refractivity contribution in [2.45, 2.75) is 12.5 Å². The van der Waals surface area contributed by atoms with Crippen LogP contribution in [0.5, 0.6) is 0 Å². The number of aliphatic carboxylic acids is 1. The van der Waals surface area contributed by atoms with Crippen LogP contribution < -0.4 is 5.32 Å². The Labute approximate surface area is 107 Å². The molecule has 1 aromatic rings. The van der Waals surface area contributed by atoms with Crippen LogP contribution >= 0.6 is 0 Å². The molecule has 0 aliphatic carbocycles. The lowest BCUT2D eigenvalue weighted by atomic mass is 10.2. The lowest BCUT2D eigenvalue weighted by molar-refractivity contribution is -0.391. The van der Waals surface area contributed by atoms with Gasteiger partial charge in [0.25, 0.3) is 5.91 Å². The van der Waals surface area contributed by atoms with Crippen molar-refractivity contribution in [1.82, 2.24) is 9.88 Å².